The molecule has 8 nitrogen and oxygen atoms in total. The molecule has 0 bridgehead atoms. The van der Waals surface area contributed by atoms with Crippen LogP contribution in [0.2, 0.25) is 5.02 Å². The molecule has 0 fully saturated rings. The summed E-state index contributed by atoms with van der Waals surface area (Å²) in [6.45, 7) is -0.134. The average Bonchev–Trinajstić information content (AvgIpc) is 3.15. The summed E-state index contributed by atoms with van der Waals surface area (Å²) in [5.74, 6) is -0.185. The predicted octanol–water partition coefficient (Wildman–Crippen LogP) is 3.02. The minimum absolute atomic E-state index is 0.134. The lowest BCUT2D eigenvalue weighted by Gasteiger charge is -2.33. The number of nitrogens with one attached hydrogen (secondary N) is 1. The van der Waals surface area contributed by atoms with Gasteiger partial charge in [-0.05, 0) is 24.3 Å². The fraction of sp³-hybridized carbons (Fsp3) is 0.167. The molecule has 11 heteroatoms. The Bertz CT molecular complexity index is 1160. The maximum atomic E-state index is 12.7. The number of para-hydroxylation sites is 2. The lowest BCUT2D eigenvalue weighted by atomic mass is 10.2. The molecule has 0 radical (unpaired) electrons. The molecule has 4 rings (SSSR count). The molecule has 0 saturated heterocycles. The van der Waals surface area contributed by atoms with Gasteiger partial charge in [-0.1, -0.05) is 47.2 Å². The summed E-state index contributed by atoms with van der Waals surface area (Å²) < 4.78 is 31.2. The van der Waals surface area contributed by atoms with Gasteiger partial charge in [-0.2, -0.15) is 0 Å². The number of ether oxygens (including phenoxy) is 1. The second-order valence-electron chi connectivity index (χ2n) is 6.28. The highest BCUT2D eigenvalue weighted by Crippen LogP contribution is 2.35. The number of hydrogen-bond donors (Lipinski definition) is 1. The molecule has 150 valence electrons. The molecule has 0 saturated carbocycles. The van der Waals surface area contributed by atoms with Gasteiger partial charge in [0.1, 0.15) is 10.8 Å². The van der Waals surface area contributed by atoms with E-state index in [0.717, 1.165) is 16.1 Å². The SMILES string of the molecule is CS(=O)(=O)N1C[C@H](C(=O)Nc2nnc(-c3ccc(Cl)cc3)s2)Oc2ccccc21. The van der Waals surface area contributed by atoms with E-state index in [1.165, 1.54) is 11.3 Å². The fourth-order valence-corrected chi connectivity index (χ4v) is 4.61. The van der Waals surface area contributed by atoms with E-state index in [4.69, 9.17) is 16.3 Å². The topological polar surface area (TPSA) is 101 Å². The summed E-state index contributed by atoms with van der Waals surface area (Å²) in [6.07, 6.45) is 0.0650. The Balaban J connectivity index is 1.53. The third kappa shape index (κ3) is 4.19. The molecule has 0 aliphatic carbocycles. The molecule has 1 aromatic heterocycles. The van der Waals surface area contributed by atoms with Crippen LogP contribution in [-0.4, -0.2) is 43.4 Å². The van der Waals surface area contributed by atoms with Crippen LogP contribution in [0.3, 0.4) is 0 Å². The van der Waals surface area contributed by atoms with Crippen molar-refractivity contribution in [3.05, 3.63) is 53.6 Å². The van der Waals surface area contributed by atoms with Crippen LogP contribution in [0.1, 0.15) is 0 Å². The van der Waals surface area contributed by atoms with Gasteiger partial charge in [0.2, 0.25) is 15.2 Å². The maximum absolute atomic E-state index is 12.7. The van der Waals surface area contributed by atoms with Crippen molar-refractivity contribution in [1.29, 1.82) is 0 Å². The number of hydrogen-bond acceptors (Lipinski definition) is 7. The third-order valence-corrected chi connectivity index (χ3v) is 6.46. The van der Waals surface area contributed by atoms with Crippen LogP contribution in [0.25, 0.3) is 10.6 Å². The number of carbonyl (C=O) groups is 1. The molecular weight excluding hydrogens is 436 g/mol. The van der Waals surface area contributed by atoms with E-state index in [0.29, 0.717) is 21.5 Å². The zero-order valence-electron chi connectivity index (χ0n) is 15.1. The second-order valence-corrected chi connectivity index (χ2v) is 9.60. The van der Waals surface area contributed by atoms with Crippen LogP contribution in [0.5, 0.6) is 5.75 Å². The highest BCUT2D eigenvalue weighted by Gasteiger charge is 2.35. The molecule has 1 aliphatic rings. The van der Waals surface area contributed by atoms with Crippen molar-refractivity contribution < 1.29 is 17.9 Å². The molecule has 1 amide bonds. The Morgan fingerprint density at radius 2 is 1.93 bits per heavy atom. The molecule has 29 heavy (non-hydrogen) atoms. The van der Waals surface area contributed by atoms with Crippen molar-refractivity contribution in [2.45, 2.75) is 6.10 Å². The third-order valence-electron chi connectivity index (χ3n) is 4.17. The highest BCUT2D eigenvalue weighted by atomic mass is 35.5. The van der Waals surface area contributed by atoms with Gasteiger partial charge < -0.3 is 4.74 Å². The van der Waals surface area contributed by atoms with E-state index < -0.39 is 22.0 Å². The number of nitrogens with zero attached hydrogens (tertiary/aromatic N) is 3. The standard InChI is InChI=1S/C18H15ClN4O4S2/c1-29(25,26)23-10-15(27-14-5-3-2-4-13(14)23)16(24)20-18-22-21-17(28-18)11-6-8-12(19)9-7-11/h2-9,15H,10H2,1H3,(H,20,22,24)/t15-/m1/s1. The molecule has 1 N–H and O–H groups in total. The highest BCUT2D eigenvalue weighted by molar-refractivity contribution is 7.92. The van der Waals surface area contributed by atoms with Crippen LogP contribution in [0, 0.1) is 0 Å². The smallest absolute Gasteiger partial charge is 0.269 e. The lowest BCUT2D eigenvalue weighted by Crippen LogP contribution is -2.48. The van der Waals surface area contributed by atoms with Crippen molar-refractivity contribution in [3.63, 3.8) is 0 Å². The van der Waals surface area contributed by atoms with Crippen molar-refractivity contribution in [1.82, 2.24) is 10.2 Å². The number of rotatable bonds is 4. The van der Waals surface area contributed by atoms with Crippen molar-refractivity contribution in [2.24, 2.45) is 0 Å². The summed E-state index contributed by atoms with van der Waals surface area (Å²) in [5.41, 5.74) is 1.22. The van der Waals surface area contributed by atoms with Gasteiger partial charge in [-0.15, -0.1) is 10.2 Å². The van der Waals surface area contributed by atoms with Gasteiger partial charge in [0.25, 0.3) is 5.91 Å². The first-order valence-corrected chi connectivity index (χ1v) is 11.5. The molecule has 2 aromatic carbocycles. The van der Waals surface area contributed by atoms with Crippen LogP contribution < -0.4 is 14.4 Å². The van der Waals surface area contributed by atoms with Crippen LogP contribution in [0.15, 0.2) is 48.5 Å². The lowest BCUT2D eigenvalue weighted by molar-refractivity contribution is -0.122. The minimum Gasteiger partial charge on any atom is -0.476 e. The van der Waals surface area contributed by atoms with E-state index in [1.54, 1.807) is 48.5 Å². The first-order valence-electron chi connectivity index (χ1n) is 8.45. The molecule has 1 aliphatic heterocycles. The van der Waals surface area contributed by atoms with Crippen LogP contribution in [-0.2, 0) is 14.8 Å². The summed E-state index contributed by atoms with van der Waals surface area (Å²) in [6, 6.07) is 13.8. The van der Waals surface area contributed by atoms with Gasteiger partial charge in [-0.25, -0.2) is 8.42 Å². The number of sulfonamides is 1. The fourth-order valence-electron chi connectivity index (χ4n) is 2.82. The zero-order chi connectivity index (χ0) is 20.6. The van der Waals surface area contributed by atoms with Gasteiger partial charge in [-0.3, -0.25) is 14.4 Å². The minimum atomic E-state index is -3.58. The largest absolute Gasteiger partial charge is 0.476 e. The van der Waals surface area contributed by atoms with E-state index in [2.05, 4.69) is 15.5 Å². The second kappa shape index (κ2) is 7.62. The number of anilines is 2. The summed E-state index contributed by atoms with van der Waals surface area (Å²) in [5, 5.41) is 12.2. The molecule has 0 spiro atoms. The number of halogens is 1. The van der Waals surface area contributed by atoms with Crippen molar-refractivity contribution >= 4 is 49.7 Å². The van der Waals surface area contributed by atoms with Gasteiger partial charge >= 0.3 is 0 Å². The van der Waals surface area contributed by atoms with E-state index >= 15 is 0 Å². The summed E-state index contributed by atoms with van der Waals surface area (Å²) >= 11 is 7.08. The number of aromatic nitrogens is 2. The molecular formula is C18H15ClN4O4S2. The number of benzene rings is 2. The van der Waals surface area contributed by atoms with Crippen LogP contribution >= 0.6 is 22.9 Å². The van der Waals surface area contributed by atoms with Gasteiger partial charge in [0, 0.05) is 10.6 Å². The molecule has 3 aromatic rings. The monoisotopic (exact) mass is 450 g/mol. The Morgan fingerprint density at radius 1 is 1.21 bits per heavy atom. The number of amides is 1. The Kier molecular flexibility index (Phi) is 5.15. The van der Waals surface area contributed by atoms with E-state index in [9.17, 15) is 13.2 Å². The Morgan fingerprint density at radius 3 is 2.66 bits per heavy atom. The predicted molar refractivity (Wildman–Crippen MR) is 112 cm³/mol. The van der Waals surface area contributed by atoms with Gasteiger partial charge in [0.15, 0.2) is 6.10 Å². The normalized spacial score (nSPS) is 16.1. The average molecular weight is 451 g/mol. The summed E-state index contributed by atoms with van der Waals surface area (Å²) in [4.78, 5) is 12.7. The molecule has 0 unspecified atom stereocenters. The van der Waals surface area contributed by atoms with Gasteiger partial charge in [0.05, 0.1) is 18.5 Å². The Hall–Kier alpha value is -2.69. The number of fused-ring (bicyclic) bond motifs is 1. The first-order chi connectivity index (χ1) is 13.8. The first kappa shape index (κ1) is 19.6. The van der Waals surface area contributed by atoms with E-state index in [-0.39, 0.29) is 11.7 Å². The van der Waals surface area contributed by atoms with Crippen molar-refractivity contribution in [2.75, 3.05) is 22.4 Å². The number of carbonyl (C=O) groups excluding carboxylic acids is 1. The van der Waals surface area contributed by atoms with E-state index in [1.807, 2.05) is 0 Å². The zero-order valence-corrected chi connectivity index (χ0v) is 17.5. The molecule has 1 atom stereocenters. The van der Waals surface area contributed by atoms with Crippen molar-refractivity contribution in [3.8, 4) is 16.3 Å². The molecule has 2 heterocycles. The Labute approximate surface area is 176 Å². The summed E-state index contributed by atoms with van der Waals surface area (Å²) in [7, 11) is -3.58. The quantitative estimate of drug-likeness (QED) is 0.655. The van der Waals surface area contributed by atoms with Crippen LogP contribution in [0.4, 0.5) is 10.8 Å². The maximum Gasteiger partial charge on any atom is 0.269 e.